The Balaban J connectivity index is 2.49. The highest BCUT2D eigenvalue weighted by molar-refractivity contribution is 14.1. The number of rotatable bonds is 4. The molecule has 0 saturated carbocycles. The molecule has 0 bridgehead atoms. The van der Waals surface area contributed by atoms with Crippen molar-refractivity contribution in [3.63, 3.8) is 0 Å². The maximum Gasteiger partial charge on any atom is 0.137 e. The standard InChI is InChI=1S/C15H13Br2FIN/c1-2-20-15(9-3-5-13(18)12(17)7-9)11-8-10(16)4-6-14(11)19/h3-8,15,20H,2H2,1H3. The van der Waals surface area contributed by atoms with Crippen molar-refractivity contribution in [2.75, 3.05) is 6.54 Å². The molecule has 0 aromatic heterocycles. The Morgan fingerprint density at radius 1 is 1.20 bits per heavy atom. The highest BCUT2D eigenvalue weighted by Crippen LogP contribution is 2.30. The van der Waals surface area contributed by atoms with Crippen LogP contribution in [-0.2, 0) is 0 Å². The van der Waals surface area contributed by atoms with E-state index in [4.69, 9.17) is 0 Å². The Kier molecular flexibility index (Phi) is 6.01. The van der Waals surface area contributed by atoms with E-state index in [-0.39, 0.29) is 11.9 Å². The Hall–Kier alpha value is 0.0200. The highest BCUT2D eigenvalue weighted by Gasteiger charge is 2.17. The van der Waals surface area contributed by atoms with Crippen molar-refractivity contribution >= 4 is 54.5 Å². The zero-order valence-electron chi connectivity index (χ0n) is 10.8. The largest absolute Gasteiger partial charge is 0.306 e. The van der Waals surface area contributed by atoms with Crippen LogP contribution in [0.2, 0.25) is 0 Å². The van der Waals surface area contributed by atoms with Crippen LogP contribution in [0.25, 0.3) is 0 Å². The first-order chi connectivity index (χ1) is 9.52. The third-order valence-corrected chi connectivity index (χ3v) is 5.04. The van der Waals surface area contributed by atoms with E-state index in [1.54, 1.807) is 0 Å². The van der Waals surface area contributed by atoms with E-state index < -0.39 is 0 Å². The molecule has 0 radical (unpaired) electrons. The quantitative estimate of drug-likeness (QED) is 0.522. The molecule has 0 heterocycles. The average Bonchev–Trinajstić information content (AvgIpc) is 2.42. The molecule has 2 aromatic carbocycles. The van der Waals surface area contributed by atoms with Gasteiger partial charge in [-0.25, -0.2) is 4.39 Å². The molecular formula is C15H13Br2FIN. The van der Waals surface area contributed by atoms with E-state index >= 15 is 0 Å². The molecule has 0 aliphatic rings. The minimum absolute atomic E-state index is 0.0429. The SMILES string of the molecule is CCNC(c1ccc(F)c(Br)c1)c1cc(Br)ccc1I. The normalized spacial score (nSPS) is 12.4. The predicted molar refractivity (Wildman–Crippen MR) is 96.5 cm³/mol. The molecule has 1 nitrogen and oxygen atoms in total. The lowest BCUT2D eigenvalue weighted by molar-refractivity contribution is 0.607. The van der Waals surface area contributed by atoms with Crippen molar-refractivity contribution < 1.29 is 4.39 Å². The summed E-state index contributed by atoms with van der Waals surface area (Å²) in [7, 11) is 0. The molecule has 0 aliphatic carbocycles. The first-order valence-corrected chi connectivity index (χ1v) is 8.82. The average molecular weight is 513 g/mol. The number of hydrogen-bond acceptors (Lipinski definition) is 1. The van der Waals surface area contributed by atoms with Gasteiger partial charge in [0.25, 0.3) is 0 Å². The van der Waals surface area contributed by atoms with Gasteiger partial charge in [0.05, 0.1) is 10.5 Å². The smallest absolute Gasteiger partial charge is 0.137 e. The fourth-order valence-corrected chi connectivity index (χ4v) is 3.46. The lowest BCUT2D eigenvalue weighted by Crippen LogP contribution is -2.23. The molecule has 5 heteroatoms. The first-order valence-electron chi connectivity index (χ1n) is 6.16. The number of hydrogen-bond donors (Lipinski definition) is 1. The Bertz CT molecular complexity index is 619. The molecule has 0 amide bonds. The second kappa shape index (κ2) is 7.33. The molecule has 106 valence electrons. The topological polar surface area (TPSA) is 12.0 Å². The molecule has 20 heavy (non-hydrogen) atoms. The van der Waals surface area contributed by atoms with Gasteiger partial charge in [-0.05, 0) is 86.5 Å². The Morgan fingerprint density at radius 3 is 2.60 bits per heavy atom. The van der Waals surface area contributed by atoms with Gasteiger partial charge in [0, 0.05) is 8.04 Å². The molecule has 1 unspecified atom stereocenters. The summed E-state index contributed by atoms with van der Waals surface area (Å²) in [6, 6.07) is 11.4. The van der Waals surface area contributed by atoms with Gasteiger partial charge in [0.15, 0.2) is 0 Å². The fourth-order valence-electron chi connectivity index (χ4n) is 2.04. The van der Waals surface area contributed by atoms with Crippen LogP contribution < -0.4 is 5.32 Å². The molecular weight excluding hydrogens is 500 g/mol. The van der Waals surface area contributed by atoms with E-state index in [9.17, 15) is 4.39 Å². The zero-order chi connectivity index (χ0) is 14.7. The monoisotopic (exact) mass is 511 g/mol. The second-order valence-electron chi connectivity index (χ2n) is 4.33. The van der Waals surface area contributed by atoms with E-state index in [0.29, 0.717) is 4.47 Å². The van der Waals surface area contributed by atoms with Crippen LogP contribution in [0.1, 0.15) is 24.1 Å². The summed E-state index contributed by atoms with van der Waals surface area (Å²) in [5.41, 5.74) is 2.22. The van der Waals surface area contributed by atoms with Crippen molar-refractivity contribution in [3.8, 4) is 0 Å². The van der Waals surface area contributed by atoms with Crippen LogP contribution in [-0.4, -0.2) is 6.54 Å². The van der Waals surface area contributed by atoms with E-state index in [0.717, 1.165) is 16.6 Å². The van der Waals surface area contributed by atoms with Gasteiger partial charge in [-0.15, -0.1) is 0 Å². The summed E-state index contributed by atoms with van der Waals surface area (Å²) < 4.78 is 16.1. The first kappa shape index (κ1) is 16.4. The van der Waals surface area contributed by atoms with Crippen LogP contribution in [0, 0.1) is 9.39 Å². The summed E-state index contributed by atoms with van der Waals surface area (Å²) in [5.74, 6) is -0.243. The number of halogens is 4. The number of benzene rings is 2. The van der Waals surface area contributed by atoms with Gasteiger partial charge in [-0.1, -0.05) is 28.9 Å². The van der Waals surface area contributed by atoms with Crippen molar-refractivity contribution in [2.45, 2.75) is 13.0 Å². The van der Waals surface area contributed by atoms with Gasteiger partial charge in [-0.3, -0.25) is 0 Å². The summed E-state index contributed by atoms with van der Waals surface area (Å²) in [6.45, 7) is 2.90. The van der Waals surface area contributed by atoms with Crippen molar-refractivity contribution in [1.29, 1.82) is 0 Å². The summed E-state index contributed by atoms with van der Waals surface area (Å²) in [6.07, 6.45) is 0. The van der Waals surface area contributed by atoms with Crippen LogP contribution >= 0.6 is 54.5 Å². The van der Waals surface area contributed by atoms with Gasteiger partial charge in [0.2, 0.25) is 0 Å². The Morgan fingerprint density at radius 2 is 1.95 bits per heavy atom. The van der Waals surface area contributed by atoms with Crippen molar-refractivity contribution in [1.82, 2.24) is 5.32 Å². The summed E-state index contributed by atoms with van der Waals surface area (Å²) in [5, 5.41) is 3.46. The van der Waals surface area contributed by atoms with Gasteiger partial charge >= 0.3 is 0 Å². The molecule has 1 N–H and O–H groups in total. The third-order valence-electron chi connectivity index (χ3n) is 2.95. The molecule has 0 fully saturated rings. The lowest BCUT2D eigenvalue weighted by atomic mass is 9.98. The van der Waals surface area contributed by atoms with Crippen molar-refractivity contribution in [2.24, 2.45) is 0 Å². The molecule has 0 saturated heterocycles. The van der Waals surface area contributed by atoms with Crippen LogP contribution in [0.4, 0.5) is 4.39 Å². The lowest BCUT2D eigenvalue weighted by Gasteiger charge is -2.21. The maximum atomic E-state index is 13.4. The van der Waals surface area contributed by atoms with Crippen molar-refractivity contribution in [3.05, 3.63) is 65.9 Å². The third kappa shape index (κ3) is 3.81. The minimum atomic E-state index is -0.243. The van der Waals surface area contributed by atoms with E-state index in [1.165, 1.54) is 15.2 Å². The Labute approximate surface area is 148 Å². The predicted octanol–water partition coefficient (Wildman–Crippen LogP) is 5.65. The molecule has 2 aromatic rings. The van der Waals surface area contributed by atoms with Gasteiger partial charge in [0.1, 0.15) is 5.82 Å². The van der Waals surface area contributed by atoms with Gasteiger partial charge in [-0.2, -0.15) is 0 Å². The van der Waals surface area contributed by atoms with Crippen LogP contribution in [0.3, 0.4) is 0 Å². The molecule has 0 aliphatic heterocycles. The summed E-state index contributed by atoms with van der Waals surface area (Å²) >= 11 is 9.10. The highest BCUT2D eigenvalue weighted by atomic mass is 127. The summed E-state index contributed by atoms with van der Waals surface area (Å²) in [4.78, 5) is 0. The molecule has 2 rings (SSSR count). The molecule has 1 atom stereocenters. The van der Waals surface area contributed by atoms with Crippen LogP contribution in [0.15, 0.2) is 45.3 Å². The molecule has 0 spiro atoms. The van der Waals surface area contributed by atoms with E-state index in [1.807, 2.05) is 18.2 Å². The van der Waals surface area contributed by atoms with Crippen LogP contribution in [0.5, 0.6) is 0 Å². The number of nitrogens with one attached hydrogen (secondary N) is 1. The minimum Gasteiger partial charge on any atom is -0.306 e. The second-order valence-corrected chi connectivity index (χ2v) is 7.26. The van der Waals surface area contributed by atoms with E-state index in [2.05, 4.69) is 78.8 Å². The zero-order valence-corrected chi connectivity index (χ0v) is 16.1. The van der Waals surface area contributed by atoms with Gasteiger partial charge < -0.3 is 5.32 Å². The fraction of sp³-hybridized carbons (Fsp3) is 0.200. The maximum absolute atomic E-state index is 13.4.